The van der Waals surface area contributed by atoms with Gasteiger partial charge in [-0.05, 0) is 36.8 Å². The summed E-state index contributed by atoms with van der Waals surface area (Å²) in [5.41, 5.74) is 14.2. The first-order chi connectivity index (χ1) is 19.2. The van der Waals surface area contributed by atoms with Gasteiger partial charge in [-0.3, -0.25) is 5.41 Å². The molecule has 0 saturated carbocycles. The first-order valence-electron chi connectivity index (χ1n) is 12.5. The molecule has 1 atom stereocenters. The fraction of sp³-hybridized carbons (Fsp3) is 0.207. The summed E-state index contributed by atoms with van der Waals surface area (Å²) in [6.07, 6.45) is 1.83. The van der Waals surface area contributed by atoms with Crippen LogP contribution in [0, 0.1) is 34.5 Å². The SMILES string of the molecule is N=C(c1ccc(Cc2ccccc2)cc1)c1c(N)ncnc1NC(CN)CCCc1c(F)c(F)c(F)c(F)c1F. The Hall–Kier alpha value is -4.38. The normalized spacial score (nSPS) is 11.8. The van der Waals surface area contributed by atoms with Crippen LogP contribution in [0.5, 0.6) is 0 Å². The number of nitrogen functional groups attached to an aromatic ring is 1. The van der Waals surface area contributed by atoms with Crippen LogP contribution in [-0.2, 0) is 12.8 Å². The van der Waals surface area contributed by atoms with E-state index in [0.29, 0.717) is 5.56 Å². The van der Waals surface area contributed by atoms with Gasteiger partial charge in [0.05, 0.1) is 11.3 Å². The highest BCUT2D eigenvalue weighted by Gasteiger charge is 2.25. The zero-order chi connectivity index (χ0) is 28.8. The van der Waals surface area contributed by atoms with Gasteiger partial charge in [-0.2, -0.15) is 0 Å². The minimum absolute atomic E-state index is 0.0575. The lowest BCUT2D eigenvalue weighted by Crippen LogP contribution is -2.30. The molecule has 11 heteroatoms. The van der Waals surface area contributed by atoms with E-state index in [9.17, 15) is 22.0 Å². The monoisotopic (exact) mass is 554 g/mol. The summed E-state index contributed by atoms with van der Waals surface area (Å²) in [6.45, 7) is 0.0575. The molecule has 1 unspecified atom stereocenters. The maximum atomic E-state index is 14.0. The Bertz CT molecular complexity index is 1470. The maximum Gasteiger partial charge on any atom is 0.200 e. The van der Waals surface area contributed by atoms with Gasteiger partial charge in [0.15, 0.2) is 23.3 Å². The molecule has 0 fully saturated rings. The molecule has 0 radical (unpaired) electrons. The summed E-state index contributed by atoms with van der Waals surface area (Å²) < 4.78 is 68.4. The zero-order valence-corrected chi connectivity index (χ0v) is 21.3. The topological polar surface area (TPSA) is 114 Å². The smallest absolute Gasteiger partial charge is 0.200 e. The number of halogens is 5. The predicted molar refractivity (Wildman–Crippen MR) is 144 cm³/mol. The molecule has 6 N–H and O–H groups in total. The second-order valence-electron chi connectivity index (χ2n) is 9.23. The average Bonchev–Trinajstić information content (AvgIpc) is 2.97. The van der Waals surface area contributed by atoms with Gasteiger partial charge in [0.2, 0.25) is 5.82 Å². The van der Waals surface area contributed by atoms with Gasteiger partial charge < -0.3 is 16.8 Å². The fourth-order valence-corrected chi connectivity index (χ4v) is 4.36. The summed E-state index contributed by atoms with van der Waals surface area (Å²) in [5, 5.41) is 11.9. The van der Waals surface area contributed by atoms with E-state index in [2.05, 4.69) is 15.3 Å². The van der Waals surface area contributed by atoms with Crippen molar-refractivity contribution in [1.29, 1.82) is 5.41 Å². The van der Waals surface area contributed by atoms with Gasteiger partial charge in [0.25, 0.3) is 0 Å². The quantitative estimate of drug-likeness (QED) is 0.0844. The van der Waals surface area contributed by atoms with E-state index < -0.39 is 47.1 Å². The maximum absolute atomic E-state index is 14.0. The van der Waals surface area contributed by atoms with Crippen molar-refractivity contribution in [3.63, 3.8) is 0 Å². The number of hydrogen-bond donors (Lipinski definition) is 4. The van der Waals surface area contributed by atoms with Crippen LogP contribution in [0.1, 0.15) is 40.7 Å². The molecule has 0 spiro atoms. The third kappa shape index (κ3) is 6.26. The number of benzene rings is 3. The third-order valence-electron chi connectivity index (χ3n) is 6.53. The van der Waals surface area contributed by atoms with Crippen molar-refractivity contribution in [2.45, 2.75) is 31.7 Å². The summed E-state index contributed by atoms with van der Waals surface area (Å²) >= 11 is 0. The number of anilines is 2. The van der Waals surface area contributed by atoms with E-state index >= 15 is 0 Å². The molecule has 0 amide bonds. The second kappa shape index (κ2) is 12.6. The highest BCUT2D eigenvalue weighted by Crippen LogP contribution is 2.26. The molecule has 4 rings (SSSR count). The lowest BCUT2D eigenvalue weighted by atomic mass is 9.98. The van der Waals surface area contributed by atoms with Gasteiger partial charge >= 0.3 is 0 Å². The van der Waals surface area contributed by atoms with Crippen molar-refractivity contribution >= 4 is 17.3 Å². The Balaban J connectivity index is 1.47. The van der Waals surface area contributed by atoms with Crippen molar-refractivity contribution in [2.24, 2.45) is 5.73 Å². The number of nitrogens with one attached hydrogen (secondary N) is 2. The number of nitrogens with two attached hydrogens (primary N) is 2. The molecule has 1 heterocycles. The third-order valence-corrected chi connectivity index (χ3v) is 6.53. The molecule has 0 aliphatic rings. The van der Waals surface area contributed by atoms with E-state index in [1.165, 1.54) is 6.33 Å². The molecule has 40 heavy (non-hydrogen) atoms. The van der Waals surface area contributed by atoms with Crippen LogP contribution in [0.15, 0.2) is 60.9 Å². The molecule has 208 valence electrons. The number of hydrogen-bond acceptors (Lipinski definition) is 6. The molecule has 0 aliphatic carbocycles. The largest absolute Gasteiger partial charge is 0.383 e. The molecule has 0 bridgehead atoms. The molecular weight excluding hydrogens is 527 g/mol. The Morgan fingerprint density at radius 3 is 2.05 bits per heavy atom. The van der Waals surface area contributed by atoms with Gasteiger partial charge in [0, 0.05) is 23.7 Å². The van der Waals surface area contributed by atoms with Crippen molar-refractivity contribution in [3.05, 3.63) is 118 Å². The second-order valence-corrected chi connectivity index (χ2v) is 9.23. The van der Waals surface area contributed by atoms with Crippen molar-refractivity contribution in [3.8, 4) is 0 Å². The van der Waals surface area contributed by atoms with E-state index in [-0.39, 0.29) is 42.3 Å². The average molecular weight is 555 g/mol. The minimum atomic E-state index is -2.19. The Kier molecular flexibility index (Phi) is 9.05. The summed E-state index contributed by atoms with van der Waals surface area (Å²) in [4.78, 5) is 8.22. The zero-order valence-electron chi connectivity index (χ0n) is 21.3. The van der Waals surface area contributed by atoms with Crippen LogP contribution in [0.25, 0.3) is 0 Å². The number of rotatable bonds is 11. The Morgan fingerprint density at radius 2 is 1.43 bits per heavy atom. The number of nitrogens with zero attached hydrogens (tertiary/aromatic N) is 2. The predicted octanol–water partition coefficient (Wildman–Crippen LogP) is 5.52. The molecular formula is C29H27F5N6. The van der Waals surface area contributed by atoms with Crippen LogP contribution in [0.3, 0.4) is 0 Å². The van der Waals surface area contributed by atoms with E-state index in [0.717, 1.165) is 17.5 Å². The van der Waals surface area contributed by atoms with Gasteiger partial charge in [-0.15, -0.1) is 0 Å². The van der Waals surface area contributed by atoms with Gasteiger partial charge in [0.1, 0.15) is 18.0 Å². The summed E-state index contributed by atoms with van der Waals surface area (Å²) in [6, 6.07) is 16.9. The van der Waals surface area contributed by atoms with Crippen LogP contribution >= 0.6 is 0 Å². The minimum Gasteiger partial charge on any atom is -0.383 e. The van der Waals surface area contributed by atoms with E-state index in [4.69, 9.17) is 16.9 Å². The van der Waals surface area contributed by atoms with Crippen LogP contribution in [-0.4, -0.2) is 28.3 Å². The van der Waals surface area contributed by atoms with Crippen LogP contribution in [0.2, 0.25) is 0 Å². The first kappa shape index (κ1) is 28.6. The first-order valence-corrected chi connectivity index (χ1v) is 12.5. The molecule has 6 nitrogen and oxygen atoms in total. The molecule has 3 aromatic carbocycles. The van der Waals surface area contributed by atoms with Crippen LogP contribution < -0.4 is 16.8 Å². The fourth-order valence-electron chi connectivity index (χ4n) is 4.36. The molecule has 0 aliphatic heterocycles. The highest BCUT2D eigenvalue weighted by molar-refractivity contribution is 6.16. The van der Waals surface area contributed by atoms with E-state index in [1.54, 1.807) is 12.1 Å². The van der Waals surface area contributed by atoms with Gasteiger partial charge in [-0.25, -0.2) is 31.9 Å². The number of aromatic nitrogens is 2. The highest BCUT2D eigenvalue weighted by atomic mass is 19.2. The van der Waals surface area contributed by atoms with Crippen molar-refractivity contribution in [1.82, 2.24) is 9.97 Å². The van der Waals surface area contributed by atoms with E-state index in [1.807, 2.05) is 42.5 Å². The molecule has 4 aromatic rings. The Morgan fingerprint density at radius 1 is 0.825 bits per heavy atom. The van der Waals surface area contributed by atoms with Crippen molar-refractivity contribution in [2.75, 3.05) is 17.6 Å². The summed E-state index contributed by atoms with van der Waals surface area (Å²) in [7, 11) is 0. The summed E-state index contributed by atoms with van der Waals surface area (Å²) in [5.74, 6) is -9.54. The Labute approximate surface area is 227 Å². The van der Waals surface area contributed by atoms with Gasteiger partial charge in [-0.1, -0.05) is 54.6 Å². The lowest BCUT2D eigenvalue weighted by Gasteiger charge is -2.20. The van der Waals surface area contributed by atoms with Crippen molar-refractivity contribution < 1.29 is 22.0 Å². The molecule has 1 aromatic heterocycles. The molecule has 0 saturated heterocycles. The lowest BCUT2D eigenvalue weighted by molar-refractivity contribution is 0.368. The standard InChI is InChI=1S/C29H27F5N6/c30-22-20(23(31)25(33)26(34)24(22)32)8-4-7-19(14-35)40-29-21(28(37)38-15-39-29)27(36)18-11-9-17(10-12-18)13-16-5-2-1-3-6-16/h1-3,5-6,9-12,15,19,36H,4,7-8,13-14,35H2,(H3,37,38,39,40). The van der Waals surface area contributed by atoms with Crippen LogP contribution in [0.4, 0.5) is 33.6 Å².